The Balaban J connectivity index is 1.91. The van der Waals surface area contributed by atoms with E-state index in [2.05, 4.69) is 5.32 Å². The van der Waals surface area contributed by atoms with Crippen molar-refractivity contribution in [3.05, 3.63) is 34.7 Å². The van der Waals surface area contributed by atoms with Crippen molar-refractivity contribution < 1.29 is 9.59 Å². The lowest BCUT2D eigenvalue weighted by atomic mass is 10.1. The van der Waals surface area contributed by atoms with Crippen molar-refractivity contribution in [3.63, 3.8) is 0 Å². The van der Waals surface area contributed by atoms with Gasteiger partial charge in [-0.1, -0.05) is 18.2 Å². The highest BCUT2D eigenvalue weighted by atomic mass is 32.1. The fraction of sp³-hybridized carbons (Fsp3) is 0.286. The quantitative estimate of drug-likeness (QED) is 0.798. The number of amides is 2. The van der Waals surface area contributed by atoms with Crippen LogP contribution in [0.4, 0.5) is 0 Å². The van der Waals surface area contributed by atoms with Gasteiger partial charge in [-0.15, -0.1) is 11.3 Å². The summed E-state index contributed by atoms with van der Waals surface area (Å²) >= 11 is 1.61. The zero-order chi connectivity index (χ0) is 13.0. The molecule has 4 rings (SSSR count). The van der Waals surface area contributed by atoms with Gasteiger partial charge in [0.1, 0.15) is 6.17 Å². The van der Waals surface area contributed by atoms with Gasteiger partial charge in [0.2, 0.25) is 5.91 Å². The normalized spacial score (nSPS) is 22.1. The topological polar surface area (TPSA) is 49.4 Å². The van der Waals surface area contributed by atoms with E-state index in [1.54, 1.807) is 16.2 Å². The highest BCUT2D eigenvalue weighted by Gasteiger charge is 2.37. The maximum atomic E-state index is 12.4. The summed E-state index contributed by atoms with van der Waals surface area (Å²) in [5.74, 6) is 0.0882. The van der Waals surface area contributed by atoms with Crippen molar-refractivity contribution in [1.29, 1.82) is 0 Å². The number of hydrogen-bond acceptors (Lipinski definition) is 3. The Morgan fingerprint density at radius 3 is 3.00 bits per heavy atom. The highest BCUT2D eigenvalue weighted by Crippen LogP contribution is 2.35. The SMILES string of the molecule is O=C1NC2CCC(=O)N2Cc2sc3ccccc3c21. The molecule has 0 spiro atoms. The summed E-state index contributed by atoms with van der Waals surface area (Å²) < 4.78 is 1.10. The summed E-state index contributed by atoms with van der Waals surface area (Å²) in [6.45, 7) is 0.553. The number of thiophene rings is 1. The van der Waals surface area contributed by atoms with Crippen molar-refractivity contribution >= 4 is 33.2 Å². The van der Waals surface area contributed by atoms with Gasteiger partial charge in [-0.25, -0.2) is 0 Å². The molecule has 1 unspecified atom stereocenters. The van der Waals surface area contributed by atoms with Gasteiger partial charge < -0.3 is 10.2 Å². The van der Waals surface area contributed by atoms with E-state index in [-0.39, 0.29) is 18.0 Å². The molecule has 1 N–H and O–H groups in total. The molecule has 2 aromatic rings. The Hall–Kier alpha value is -1.88. The van der Waals surface area contributed by atoms with Crippen molar-refractivity contribution in [2.24, 2.45) is 0 Å². The first kappa shape index (κ1) is 11.0. The zero-order valence-corrected chi connectivity index (χ0v) is 11.0. The summed E-state index contributed by atoms with van der Waals surface area (Å²) in [4.78, 5) is 27.0. The van der Waals surface area contributed by atoms with Gasteiger partial charge in [0.15, 0.2) is 0 Å². The average molecular weight is 272 g/mol. The average Bonchev–Trinajstić information content (AvgIpc) is 2.89. The molecular weight excluding hydrogens is 260 g/mol. The minimum absolute atomic E-state index is 0.0466. The second kappa shape index (κ2) is 3.81. The van der Waals surface area contributed by atoms with Crippen LogP contribution in [0.2, 0.25) is 0 Å². The number of hydrogen-bond donors (Lipinski definition) is 1. The number of nitrogens with zero attached hydrogens (tertiary/aromatic N) is 1. The van der Waals surface area contributed by atoms with Crippen LogP contribution in [-0.2, 0) is 11.3 Å². The van der Waals surface area contributed by atoms with Gasteiger partial charge in [-0.2, -0.15) is 0 Å². The Bertz CT molecular complexity index is 707. The van der Waals surface area contributed by atoms with Gasteiger partial charge >= 0.3 is 0 Å². The first-order chi connectivity index (χ1) is 9.24. The molecule has 0 bridgehead atoms. The van der Waals surface area contributed by atoms with Gasteiger partial charge in [0, 0.05) is 21.4 Å². The van der Waals surface area contributed by atoms with Crippen LogP contribution in [0.25, 0.3) is 10.1 Å². The van der Waals surface area contributed by atoms with Crippen LogP contribution in [-0.4, -0.2) is 22.9 Å². The number of rotatable bonds is 0. The predicted octanol–water partition coefficient (Wildman–Crippen LogP) is 2.09. The minimum Gasteiger partial charge on any atom is -0.332 e. The molecule has 0 saturated carbocycles. The molecule has 4 nitrogen and oxygen atoms in total. The molecular formula is C14H12N2O2S. The smallest absolute Gasteiger partial charge is 0.254 e. The second-order valence-corrected chi connectivity index (χ2v) is 6.08. The molecule has 96 valence electrons. The lowest BCUT2D eigenvalue weighted by Crippen LogP contribution is -2.42. The van der Waals surface area contributed by atoms with Gasteiger partial charge in [0.25, 0.3) is 5.91 Å². The van der Waals surface area contributed by atoms with Crippen molar-refractivity contribution in [1.82, 2.24) is 10.2 Å². The molecule has 1 fully saturated rings. The van der Waals surface area contributed by atoms with Crippen LogP contribution in [0.5, 0.6) is 0 Å². The Morgan fingerprint density at radius 1 is 1.26 bits per heavy atom. The molecule has 1 saturated heterocycles. The molecule has 0 aliphatic carbocycles. The standard InChI is InChI=1S/C14H12N2O2S/c17-12-6-5-11-15-14(18)13-8-3-1-2-4-9(8)19-10(13)7-16(11)12/h1-4,11H,5-7H2,(H,15,18). The zero-order valence-electron chi connectivity index (χ0n) is 10.2. The maximum Gasteiger partial charge on any atom is 0.254 e. The highest BCUT2D eigenvalue weighted by molar-refractivity contribution is 7.19. The van der Waals surface area contributed by atoms with E-state index in [9.17, 15) is 9.59 Å². The fourth-order valence-corrected chi connectivity index (χ4v) is 4.12. The third-order valence-corrected chi connectivity index (χ3v) is 4.99. The van der Waals surface area contributed by atoms with Crippen molar-refractivity contribution in [3.8, 4) is 0 Å². The van der Waals surface area contributed by atoms with Gasteiger partial charge in [-0.3, -0.25) is 9.59 Å². The third kappa shape index (κ3) is 1.51. The molecule has 1 atom stereocenters. The first-order valence-corrected chi connectivity index (χ1v) is 7.16. The molecule has 3 heterocycles. The molecule has 2 aliphatic rings. The molecule has 19 heavy (non-hydrogen) atoms. The molecule has 1 aromatic heterocycles. The molecule has 5 heteroatoms. The number of nitrogens with one attached hydrogen (secondary N) is 1. The van der Waals surface area contributed by atoms with Crippen LogP contribution in [0.15, 0.2) is 24.3 Å². The van der Waals surface area contributed by atoms with Crippen LogP contribution >= 0.6 is 11.3 Å². The van der Waals surface area contributed by atoms with E-state index in [1.165, 1.54) is 0 Å². The molecule has 2 aliphatic heterocycles. The fourth-order valence-electron chi connectivity index (χ4n) is 2.92. The monoisotopic (exact) mass is 272 g/mol. The van der Waals surface area contributed by atoms with E-state index < -0.39 is 0 Å². The minimum atomic E-state index is -0.127. The van der Waals surface area contributed by atoms with E-state index in [1.807, 2.05) is 24.3 Å². The van der Waals surface area contributed by atoms with Crippen LogP contribution in [0.3, 0.4) is 0 Å². The first-order valence-electron chi connectivity index (χ1n) is 6.35. The summed E-state index contributed by atoms with van der Waals surface area (Å²) in [5, 5.41) is 3.97. The van der Waals surface area contributed by atoms with E-state index in [4.69, 9.17) is 0 Å². The molecule has 1 aromatic carbocycles. The van der Waals surface area contributed by atoms with Gasteiger partial charge in [0.05, 0.1) is 12.1 Å². The number of fused-ring (bicyclic) bond motifs is 4. The molecule has 2 amide bonds. The van der Waals surface area contributed by atoms with Crippen molar-refractivity contribution in [2.75, 3.05) is 0 Å². The third-order valence-electron chi connectivity index (χ3n) is 3.84. The summed E-state index contributed by atoms with van der Waals surface area (Å²) in [6.07, 6.45) is 1.13. The van der Waals surface area contributed by atoms with E-state index in [0.717, 1.165) is 26.9 Å². The lowest BCUT2D eigenvalue weighted by molar-refractivity contribution is -0.129. The summed E-state index contributed by atoms with van der Waals surface area (Å²) in [6, 6.07) is 7.91. The maximum absolute atomic E-state index is 12.4. The number of carbonyl (C=O) groups is 2. The van der Waals surface area contributed by atoms with Crippen LogP contribution < -0.4 is 5.32 Å². The number of benzene rings is 1. The van der Waals surface area contributed by atoms with Crippen LogP contribution in [0.1, 0.15) is 28.1 Å². The lowest BCUT2D eigenvalue weighted by Gasteiger charge is -2.21. The van der Waals surface area contributed by atoms with Gasteiger partial charge in [-0.05, 0) is 12.5 Å². The van der Waals surface area contributed by atoms with E-state index >= 15 is 0 Å². The Morgan fingerprint density at radius 2 is 2.11 bits per heavy atom. The Kier molecular flexibility index (Phi) is 2.20. The van der Waals surface area contributed by atoms with Crippen molar-refractivity contribution in [2.45, 2.75) is 25.6 Å². The predicted molar refractivity (Wildman–Crippen MR) is 72.9 cm³/mol. The largest absolute Gasteiger partial charge is 0.332 e. The van der Waals surface area contributed by atoms with Crippen LogP contribution in [0, 0.1) is 0 Å². The van der Waals surface area contributed by atoms with E-state index in [0.29, 0.717) is 13.0 Å². The summed E-state index contributed by atoms with van der Waals surface area (Å²) in [5.41, 5.74) is 0.753. The summed E-state index contributed by atoms with van der Waals surface area (Å²) in [7, 11) is 0. The Labute approximate surface area is 114 Å². The second-order valence-electron chi connectivity index (χ2n) is 4.95. The molecule has 0 radical (unpaired) electrons. The number of carbonyl (C=O) groups excluding carboxylic acids is 2.